The minimum absolute atomic E-state index is 0.0340. The van der Waals surface area contributed by atoms with Gasteiger partial charge in [-0.15, -0.1) is 0 Å². The quantitative estimate of drug-likeness (QED) is 0.503. The molecule has 0 heterocycles. The Morgan fingerprint density at radius 1 is 1.10 bits per heavy atom. The van der Waals surface area contributed by atoms with Gasteiger partial charge in [0.25, 0.3) is 0 Å². The Kier molecular flexibility index (Phi) is 9.92. The molecule has 7 nitrogen and oxygen atoms in total. The number of nitrogens with one attached hydrogen (secondary N) is 1. The molecule has 29 heavy (non-hydrogen) atoms. The summed E-state index contributed by atoms with van der Waals surface area (Å²) in [5, 5.41) is 2.63. The van der Waals surface area contributed by atoms with E-state index >= 15 is 0 Å². The van der Waals surface area contributed by atoms with Gasteiger partial charge >= 0.3 is 12.1 Å². The molecule has 1 N–H and O–H groups in total. The summed E-state index contributed by atoms with van der Waals surface area (Å²) < 4.78 is 10.0. The van der Waals surface area contributed by atoms with Crippen LogP contribution in [0.3, 0.4) is 0 Å². The molecule has 0 saturated heterocycles. The first-order valence-corrected chi connectivity index (χ1v) is 9.70. The highest BCUT2D eigenvalue weighted by atomic mass is 16.5. The summed E-state index contributed by atoms with van der Waals surface area (Å²) in [5.74, 6) is -0.841. The third-order valence-electron chi connectivity index (χ3n) is 4.09. The van der Waals surface area contributed by atoms with Gasteiger partial charge < -0.3 is 19.7 Å². The standard InChI is InChI=1S/C22H32N2O5/c1-15(2)12-18(23-22(27)29-14-17-10-8-7-9-11-17)20(25)24(5)19(13-16(3)4)21(26)28-6/h7-11,13,15-16,18H,12,14H2,1-6H3,(H,23,27)/b19-13+/t18-/m0/s1. The zero-order chi connectivity index (χ0) is 22.0. The summed E-state index contributed by atoms with van der Waals surface area (Å²) in [4.78, 5) is 38.7. The van der Waals surface area contributed by atoms with Crippen LogP contribution in [0.25, 0.3) is 0 Å². The van der Waals surface area contributed by atoms with Crippen molar-refractivity contribution in [2.45, 2.75) is 46.8 Å². The van der Waals surface area contributed by atoms with Crippen LogP contribution < -0.4 is 5.32 Å². The molecule has 160 valence electrons. The van der Waals surface area contributed by atoms with Gasteiger partial charge in [-0.3, -0.25) is 4.79 Å². The molecule has 0 radical (unpaired) electrons. The lowest BCUT2D eigenvalue weighted by Gasteiger charge is -2.26. The molecule has 1 aromatic rings. The van der Waals surface area contributed by atoms with E-state index in [0.29, 0.717) is 6.42 Å². The Bertz CT molecular complexity index is 713. The second-order valence-corrected chi connectivity index (χ2v) is 7.57. The number of benzene rings is 1. The van der Waals surface area contributed by atoms with Gasteiger partial charge in [0.1, 0.15) is 18.3 Å². The second-order valence-electron chi connectivity index (χ2n) is 7.57. The lowest BCUT2D eigenvalue weighted by Crippen LogP contribution is -2.48. The van der Waals surface area contributed by atoms with Crippen molar-refractivity contribution >= 4 is 18.0 Å². The van der Waals surface area contributed by atoms with Crippen LogP contribution >= 0.6 is 0 Å². The van der Waals surface area contributed by atoms with E-state index in [4.69, 9.17) is 9.47 Å². The van der Waals surface area contributed by atoms with Crippen molar-refractivity contribution < 1.29 is 23.9 Å². The van der Waals surface area contributed by atoms with Gasteiger partial charge in [0.2, 0.25) is 5.91 Å². The van der Waals surface area contributed by atoms with E-state index in [1.54, 1.807) is 6.08 Å². The van der Waals surface area contributed by atoms with Crippen LogP contribution in [-0.4, -0.2) is 43.1 Å². The lowest BCUT2D eigenvalue weighted by molar-refractivity contribution is -0.142. The molecule has 2 amide bonds. The number of carbonyl (C=O) groups excluding carboxylic acids is 3. The number of amides is 2. The molecule has 0 aromatic heterocycles. The van der Waals surface area contributed by atoms with E-state index < -0.39 is 24.0 Å². The topological polar surface area (TPSA) is 84.9 Å². The minimum Gasteiger partial charge on any atom is -0.464 e. The van der Waals surface area contributed by atoms with Gasteiger partial charge in [0.05, 0.1) is 7.11 Å². The maximum Gasteiger partial charge on any atom is 0.408 e. The minimum atomic E-state index is -0.830. The van der Waals surface area contributed by atoms with E-state index in [2.05, 4.69) is 5.32 Å². The first-order valence-electron chi connectivity index (χ1n) is 9.70. The van der Waals surface area contributed by atoms with Gasteiger partial charge in [-0.2, -0.15) is 0 Å². The Labute approximate surface area is 173 Å². The van der Waals surface area contributed by atoms with E-state index in [-0.39, 0.29) is 24.1 Å². The number of rotatable bonds is 9. The number of esters is 1. The zero-order valence-electron chi connectivity index (χ0n) is 18.1. The van der Waals surface area contributed by atoms with Crippen molar-refractivity contribution in [3.63, 3.8) is 0 Å². The molecule has 0 unspecified atom stereocenters. The highest BCUT2D eigenvalue weighted by Gasteiger charge is 2.29. The number of allylic oxidation sites excluding steroid dienone is 1. The SMILES string of the molecule is COC(=O)/C(=C\C(C)C)N(C)C(=O)[C@H](CC(C)C)NC(=O)OCc1ccccc1. The van der Waals surface area contributed by atoms with Crippen LogP contribution in [-0.2, 0) is 25.7 Å². The molecule has 1 rings (SSSR count). The van der Waals surface area contributed by atoms with Crippen molar-refractivity contribution in [2.75, 3.05) is 14.2 Å². The number of likely N-dealkylation sites (N-methyl/N-ethyl adjacent to an activating group) is 1. The maximum absolute atomic E-state index is 13.0. The van der Waals surface area contributed by atoms with E-state index in [9.17, 15) is 14.4 Å². The molecular formula is C22H32N2O5. The first kappa shape index (κ1) is 24.2. The molecule has 0 fully saturated rings. The fourth-order valence-electron chi connectivity index (χ4n) is 2.69. The number of alkyl carbamates (subject to hydrolysis) is 1. The third kappa shape index (κ3) is 8.37. The normalized spacial score (nSPS) is 12.5. The zero-order valence-corrected chi connectivity index (χ0v) is 18.1. The average Bonchev–Trinajstić information content (AvgIpc) is 2.68. The molecule has 0 aliphatic rings. The summed E-state index contributed by atoms with van der Waals surface area (Å²) in [6.45, 7) is 7.79. The molecular weight excluding hydrogens is 372 g/mol. The monoisotopic (exact) mass is 404 g/mol. The molecule has 1 atom stereocenters. The van der Waals surface area contributed by atoms with Crippen molar-refractivity contribution in [1.29, 1.82) is 0 Å². The smallest absolute Gasteiger partial charge is 0.408 e. The van der Waals surface area contributed by atoms with Crippen molar-refractivity contribution in [2.24, 2.45) is 11.8 Å². The summed E-state index contributed by atoms with van der Waals surface area (Å²) >= 11 is 0. The molecule has 0 saturated carbocycles. The highest BCUT2D eigenvalue weighted by Crippen LogP contribution is 2.14. The Morgan fingerprint density at radius 3 is 2.24 bits per heavy atom. The van der Waals surface area contributed by atoms with Crippen molar-refractivity contribution in [1.82, 2.24) is 10.2 Å². The Balaban J connectivity index is 2.90. The van der Waals surface area contributed by atoms with Crippen LogP contribution in [0.1, 0.15) is 39.7 Å². The van der Waals surface area contributed by atoms with Gasteiger partial charge in [0.15, 0.2) is 0 Å². The maximum atomic E-state index is 13.0. The molecule has 0 spiro atoms. The molecule has 0 aliphatic heterocycles. The van der Waals surface area contributed by atoms with Crippen LogP contribution in [0.4, 0.5) is 4.79 Å². The summed E-state index contributed by atoms with van der Waals surface area (Å²) in [6, 6.07) is 8.44. The Hall–Kier alpha value is -2.83. The predicted octanol–water partition coefficient (Wildman–Crippen LogP) is 3.50. The van der Waals surface area contributed by atoms with Gasteiger partial charge in [-0.25, -0.2) is 9.59 Å². The van der Waals surface area contributed by atoms with Gasteiger partial charge in [0, 0.05) is 7.05 Å². The third-order valence-corrected chi connectivity index (χ3v) is 4.09. The number of methoxy groups -OCH3 is 1. The number of hydrogen-bond acceptors (Lipinski definition) is 5. The van der Waals surface area contributed by atoms with Crippen molar-refractivity contribution in [3.05, 3.63) is 47.7 Å². The van der Waals surface area contributed by atoms with Crippen LogP contribution in [0, 0.1) is 11.8 Å². The average molecular weight is 405 g/mol. The van der Waals surface area contributed by atoms with Crippen LogP contribution in [0.5, 0.6) is 0 Å². The molecule has 1 aromatic carbocycles. The summed E-state index contributed by atoms with van der Waals surface area (Å²) in [6.07, 6.45) is 1.37. The predicted molar refractivity (Wildman–Crippen MR) is 111 cm³/mol. The Morgan fingerprint density at radius 2 is 1.72 bits per heavy atom. The largest absolute Gasteiger partial charge is 0.464 e. The number of nitrogens with zero attached hydrogens (tertiary/aromatic N) is 1. The highest BCUT2D eigenvalue weighted by molar-refractivity contribution is 5.96. The first-order chi connectivity index (χ1) is 13.6. The lowest BCUT2D eigenvalue weighted by atomic mass is 10.0. The molecule has 0 bridgehead atoms. The van der Waals surface area contributed by atoms with Crippen LogP contribution in [0.15, 0.2) is 42.1 Å². The van der Waals surface area contributed by atoms with Gasteiger partial charge in [-0.05, 0) is 23.8 Å². The molecule has 0 aliphatic carbocycles. The van der Waals surface area contributed by atoms with E-state index in [0.717, 1.165) is 5.56 Å². The van der Waals surface area contributed by atoms with Crippen LogP contribution in [0.2, 0.25) is 0 Å². The fourth-order valence-corrected chi connectivity index (χ4v) is 2.69. The summed E-state index contributed by atoms with van der Waals surface area (Å²) in [5.41, 5.74) is 0.986. The van der Waals surface area contributed by atoms with E-state index in [1.165, 1.54) is 19.1 Å². The number of ether oxygens (including phenoxy) is 2. The molecule has 7 heteroatoms. The fraction of sp³-hybridized carbons (Fsp3) is 0.500. The van der Waals surface area contributed by atoms with Crippen molar-refractivity contribution in [3.8, 4) is 0 Å². The number of hydrogen-bond donors (Lipinski definition) is 1. The summed E-state index contributed by atoms with van der Waals surface area (Å²) in [7, 11) is 2.76. The second kappa shape index (κ2) is 11.9. The number of carbonyl (C=O) groups is 3. The van der Waals surface area contributed by atoms with Gasteiger partial charge in [-0.1, -0.05) is 64.1 Å². The van der Waals surface area contributed by atoms with E-state index in [1.807, 2.05) is 58.0 Å².